The zero-order valence-electron chi connectivity index (χ0n) is 21.4. The van der Waals surface area contributed by atoms with Gasteiger partial charge in [0.2, 0.25) is 0 Å². The van der Waals surface area contributed by atoms with E-state index in [0.29, 0.717) is 12.4 Å². The fourth-order valence-corrected chi connectivity index (χ4v) is 4.02. The number of hydrogen-bond donors (Lipinski definition) is 1. The molecule has 0 aliphatic carbocycles. The van der Waals surface area contributed by atoms with Crippen LogP contribution in [0.15, 0.2) is 72.8 Å². The van der Waals surface area contributed by atoms with Gasteiger partial charge in [0.1, 0.15) is 12.4 Å². The fraction of sp³-hybridized carbons (Fsp3) is 0.400. The van der Waals surface area contributed by atoms with Crippen molar-refractivity contribution in [2.45, 2.75) is 65.0 Å². The van der Waals surface area contributed by atoms with Crippen LogP contribution in [0.4, 0.5) is 5.69 Å². The maximum Gasteiger partial charge on any atom is 0.311 e. The molecule has 1 unspecified atom stereocenters. The van der Waals surface area contributed by atoms with Gasteiger partial charge in [-0.25, -0.2) is 0 Å². The number of benzene rings is 3. The molecule has 0 spiro atoms. The van der Waals surface area contributed by atoms with Gasteiger partial charge in [-0.2, -0.15) is 0 Å². The molecule has 0 amide bonds. The average Bonchev–Trinajstić information content (AvgIpc) is 2.91. The molecule has 1 atom stereocenters. The Labute approximate surface area is 214 Å². The van der Waals surface area contributed by atoms with Gasteiger partial charge in [0, 0.05) is 12.1 Å². The third-order valence-electron chi connectivity index (χ3n) is 6.16. The zero-order chi connectivity index (χ0) is 25.6. The molecule has 0 saturated carbocycles. The van der Waals surface area contributed by atoms with Crippen LogP contribution in [0.3, 0.4) is 0 Å². The van der Waals surface area contributed by atoms with Crippen molar-refractivity contribution in [3.63, 3.8) is 0 Å². The van der Waals surface area contributed by atoms with Crippen molar-refractivity contribution in [1.29, 1.82) is 0 Å². The summed E-state index contributed by atoms with van der Waals surface area (Å²) in [5.74, 6) is 1.20. The predicted molar refractivity (Wildman–Crippen MR) is 145 cm³/mol. The molecule has 0 saturated heterocycles. The number of rotatable bonds is 16. The first-order chi connectivity index (χ1) is 17.6. The summed E-state index contributed by atoms with van der Waals surface area (Å²) in [5.41, 5.74) is 3.13. The standard InChI is InChI=1S/C30H38N2O4/c1-3-5-12-28(31-20-19-24-13-16-27(17-14-24)35-21-6-4-2)26-15-18-30(29(22-26)32(33)34)36-23-25-10-8-7-9-11-25/h7-11,13-18,22,28,31H,3-6,12,19-21,23H2,1-2H3. The summed E-state index contributed by atoms with van der Waals surface area (Å²) in [6, 6.07) is 23.3. The molecule has 3 aromatic carbocycles. The monoisotopic (exact) mass is 490 g/mol. The van der Waals surface area contributed by atoms with E-state index in [2.05, 4.69) is 31.3 Å². The molecule has 0 aliphatic rings. The minimum Gasteiger partial charge on any atom is -0.494 e. The maximum absolute atomic E-state index is 11.8. The molecule has 6 heteroatoms. The van der Waals surface area contributed by atoms with Crippen molar-refractivity contribution >= 4 is 5.69 Å². The van der Waals surface area contributed by atoms with Crippen LogP contribution in [0.5, 0.6) is 11.5 Å². The molecule has 192 valence electrons. The van der Waals surface area contributed by atoms with E-state index in [0.717, 1.165) is 68.6 Å². The highest BCUT2D eigenvalue weighted by Gasteiger charge is 2.20. The number of nitro groups is 1. The Morgan fingerprint density at radius 3 is 2.33 bits per heavy atom. The van der Waals surface area contributed by atoms with E-state index in [-0.39, 0.29) is 16.7 Å². The van der Waals surface area contributed by atoms with Crippen LogP contribution in [0.1, 0.15) is 68.7 Å². The third kappa shape index (κ3) is 8.68. The van der Waals surface area contributed by atoms with E-state index in [1.165, 1.54) is 5.56 Å². The van der Waals surface area contributed by atoms with Crippen molar-refractivity contribution in [2.24, 2.45) is 0 Å². The molecule has 0 aliphatic heterocycles. The first kappa shape index (κ1) is 27.2. The van der Waals surface area contributed by atoms with E-state index in [4.69, 9.17) is 9.47 Å². The van der Waals surface area contributed by atoms with E-state index >= 15 is 0 Å². The lowest BCUT2D eigenvalue weighted by Crippen LogP contribution is -2.24. The van der Waals surface area contributed by atoms with Crippen LogP contribution in [0, 0.1) is 10.1 Å². The van der Waals surface area contributed by atoms with Gasteiger partial charge in [-0.1, -0.05) is 81.6 Å². The van der Waals surface area contributed by atoms with Crippen molar-refractivity contribution in [2.75, 3.05) is 13.2 Å². The number of hydrogen-bond acceptors (Lipinski definition) is 5. The first-order valence-corrected chi connectivity index (χ1v) is 13.0. The van der Waals surface area contributed by atoms with Crippen LogP contribution in [0.2, 0.25) is 0 Å². The number of nitro benzene ring substituents is 1. The number of ether oxygens (including phenoxy) is 2. The summed E-state index contributed by atoms with van der Waals surface area (Å²) in [5, 5.41) is 15.5. The van der Waals surface area contributed by atoms with Crippen molar-refractivity contribution in [3.8, 4) is 11.5 Å². The van der Waals surface area contributed by atoms with Crippen molar-refractivity contribution < 1.29 is 14.4 Å². The summed E-state index contributed by atoms with van der Waals surface area (Å²) < 4.78 is 11.6. The zero-order valence-corrected chi connectivity index (χ0v) is 21.4. The summed E-state index contributed by atoms with van der Waals surface area (Å²) >= 11 is 0. The highest BCUT2D eigenvalue weighted by molar-refractivity contribution is 5.49. The van der Waals surface area contributed by atoms with Crippen LogP contribution >= 0.6 is 0 Å². The Morgan fingerprint density at radius 1 is 0.889 bits per heavy atom. The van der Waals surface area contributed by atoms with Gasteiger partial charge in [-0.15, -0.1) is 0 Å². The van der Waals surface area contributed by atoms with Gasteiger partial charge in [-0.3, -0.25) is 10.1 Å². The second-order valence-corrected chi connectivity index (χ2v) is 9.00. The molecule has 1 N–H and O–H groups in total. The second-order valence-electron chi connectivity index (χ2n) is 9.00. The van der Waals surface area contributed by atoms with Gasteiger partial charge in [0.25, 0.3) is 0 Å². The highest BCUT2D eigenvalue weighted by atomic mass is 16.6. The molecular formula is C30H38N2O4. The smallest absolute Gasteiger partial charge is 0.311 e. The van der Waals surface area contributed by atoms with Gasteiger partial charge < -0.3 is 14.8 Å². The Kier molecular flexibility index (Phi) is 11.3. The Hall–Kier alpha value is -3.38. The molecule has 36 heavy (non-hydrogen) atoms. The lowest BCUT2D eigenvalue weighted by atomic mass is 9.99. The topological polar surface area (TPSA) is 73.6 Å². The Bertz CT molecular complexity index is 1050. The highest BCUT2D eigenvalue weighted by Crippen LogP contribution is 2.32. The SMILES string of the molecule is CCCCOc1ccc(CCNC(CCCC)c2ccc(OCc3ccccc3)c([N+](=O)[O-])c2)cc1. The molecule has 0 bridgehead atoms. The summed E-state index contributed by atoms with van der Waals surface area (Å²) in [6.45, 7) is 6.13. The van der Waals surface area contributed by atoms with Crippen LogP contribution in [0.25, 0.3) is 0 Å². The first-order valence-electron chi connectivity index (χ1n) is 13.0. The number of unbranched alkanes of at least 4 members (excludes halogenated alkanes) is 2. The van der Waals surface area contributed by atoms with Gasteiger partial charge in [0.15, 0.2) is 5.75 Å². The fourth-order valence-electron chi connectivity index (χ4n) is 4.02. The molecule has 6 nitrogen and oxygen atoms in total. The van der Waals surface area contributed by atoms with Crippen LogP contribution in [-0.2, 0) is 13.0 Å². The molecule has 0 radical (unpaired) electrons. The molecule has 0 aromatic heterocycles. The van der Waals surface area contributed by atoms with Crippen LogP contribution < -0.4 is 14.8 Å². The quantitative estimate of drug-likeness (QED) is 0.128. The molecule has 3 aromatic rings. The van der Waals surface area contributed by atoms with E-state index < -0.39 is 0 Å². The molecule has 0 fully saturated rings. The minimum atomic E-state index is -0.356. The Morgan fingerprint density at radius 2 is 1.64 bits per heavy atom. The average molecular weight is 491 g/mol. The number of nitrogens with zero attached hydrogens (tertiary/aromatic N) is 1. The lowest BCUT2D eigenvalue weighted by molar-refractivity contribution is -0.386. The molecule has 3 rings (SSSR count). The normalized spacial score (nSPS) is 11.7. The van der Waals surface area contributed by atoms with Gasteiger partial charge >= 0.3 is 5.69 Å². The molecular weight excluding hydrogens is 452 g/mol. The van der Waals surface area contributed by atoms with Gasteiger partial charge in [-0.05, 0) is 60.7 Å². The van der Waals surface area contributed by atoms with Crippen molar-refractivity contribution in [3.05, 3.63) is 99.6 Å². The van der Waals surface area contributed by atoms with Crippen molar-refractivity contribution in [1.82, 2.24) is 5.32 Å². The van der Waals surface area contributed by atoms with Crippen LogP contribution in [-0.4, -0.2) is 18.1 Å². The summed E-state index contributed by atoms with van der Waals surface area (Å²) in [4.78, 5) is 11.5. The summed E-state index contributed by atoms with van der Waals surface area (Å²) in [6.07, 6.45) is 6.08. The number of nitrogens with one attached hydrogen (secondary N) is 1. The van der Waals surface area contributed by atoms with E-state index in [9.17, 15) is 10.1 Å². The lowest BCUT2D eigenvalue weighted by Gasteiger charge is -2.20. The third-order valence-corrected chi connectivity index (χ3v) is 6.16. The second kappa shape index (κ2) is 14.9. The maximum atomic E-state index is 11.8. The van der Waals surface area contributed by atoms with Gasteiger partial charge in [0.05, 0.1) is 11.5 Å². The van der Waals surface area contributed by atoms with E-state index in [1.807, 2.05) is 48.5 Å². The predicted octanol–water partition coefficient (Wildman–Crippen LogP) is 7.42. The summed E-state index contributed by atoms with van der Waals surface area (Å²) in [7, 11) is 0. The minimum absolute atomic E-state index is 0.00499. The Balaban J connectivity index is 1.63. The van der Waals surface area contributed by atoms with E-state index in [1.54, 1.807) is 12.1 Å². The molecule has 0 heterocycles. The largest absolute Gasteiger partial charge is 0.494 e.